The van der Waals surface area contributed by atoms with Gasteiger partial charge in [-0.3, -0.25) is 4.79 Å². The monoisotopic (exact) mass is 349 g/mol. The van der Waals surface area contributed by atoms with Crippen LogP contribution in [0.2, 0.25) is 0 Å². The number of unbranched alkanes of at least 4 members (excludes halogenated alkanes) is 4. The Kier molecular flexibility index (Phi) is 7.02. The molecule has 2 aromatic rings. The molecule has 138 valence electrons. The summed E-state index contributed by atoms with van der Waals surface area (Å²) in [5.41, 5.74) is 2.45. The molecule has 3 unspecified atom stereocenters. The first-order valence-corrected chi connectivity index (χ1v) is 10.2. The molecule has 0 spiro atoms. The van der Waals surface area contributed by atoms with Crippen LogP contribution < -0.4 is 5.32 Å². The smallest absolute Gasteiger partial charge is 0.139 e. The van der Waals surface area contributed by atoms with Crippen LogP contribution in [-0.2, 0) is 4.79 Å². The molecule has 0 amide bonds. The van der Waals surface area contributed by atoms with Crippen molar-refractivity contribution in [2.75, 3.05) is 0 Å². The number of ketones is 1. The lowest BCUT2D eigenvalue weighted by atomic mass is 9.78. The van der Waals surface area contributed by atoms with E-state index in [2.05, 4.69) is 60.8 Å². The number of piperidine rings is 1. The average Bonchev–Trinajstić information content (AvgIpc) is 2.70. The van der Waals surface area contributed by atoms with Gasteiger partial charge >= 0.3 is 0 Å². The molecule has 2 aromatic carbocycles. The molecule has 0 aliphatic carbocycles. The maximum Gasteiger partial charge on any atom is 0.139 e. The number of hydrogen-bond donors (Lipinski definition) is 1. The number of rotatable bonds is 8. The first-order chi connectivity index (χ1) is 12.8. The second kappa shape index (κ2) is 9.68. The lowest BCUT2D eigenvalue weighted by Crippen LogP contribution is -2.42. The molecular weight excluding hydrogens is 318 g/mol. The van der Waals surface area contributed by atoms with Gasteiger partial charge in [0.2, 0.25) is 0 Å². The van der Waals surface area contributed by atoms with Gasteiger partial charge in [-0.15, -0.1) is 0 Å². The summed E-state index contributed by atoms with van der Waals surface area (Å²) in [6, 6.07) is 21.1. The van der Waals surface area contributed by atoms with Crippen LogP contribution >= 0.6 is 0 Å². The van der Waals surface area contributed by atoms with E-state index in [9.17, 15) is 4.79 Å². The van der Waals surface area contributed by atoms with Gasteiger partial charge in [-0.05, 0) is 17.5 Å². The Morgan fingerprint density at radius 2 is 1.46 bits per heavy atom. The zero-order valence-corrected chi connectivity index (χ0v) is 15.9. The van der Waals surface area contributed by atoms with E-state index in [1.54, 1.807) is 0 Å². The van der Waals surface area contributed by atoms with Crippen LogP contribution in [0.1, 0.15) is 75.1 Å². The van der Waals surface area contributed by atoms with E-state index < -0.39 is 0 Å². The molecule has 1 aliphatic rings. The minimum absolute atomic E-state index is 0.0963. The lowest BCUT2D eigenvalue weighted by Gasteiger charge is -2.37. The van der Waals surface area contributed by atoms with Crippen LogP contribution in [0.15, 0.2) is 60.7 Å². The summed E-state index contributed by atoms with van der Waals surface area (Å²) in [5.74, 6) is 0.515. The minimum atomic E-state index is 0.0963. The Bertz CT molecular complexity index is 667. The molecule has 1 fully saturated rings. The topological polar surface area (TPSA) is 29.1 Å². The number of hydrogen-bond acceptors (Lipinski definition) is 2. The second-order valence-corrected chi connectivity index (χ2v) is 7.50. The van der Waals surface area contributed by atoms with Crippen molar-refractivity contribution in [3.8, 4) is 0 Å². The maximum atomic E-state index is 13.0. The van der Waals surface area contributed by atoms with E-state index >= 15 is 0 Å². The van der Waals surface area contributed by atoms with Crippen molar-refractivity contribution in [2.45, 2.75) is 64.0 Å². The largest absolute Gasteiger partial charge is 0.302 e. The highest BCUT2D eigenvalue weighted by Crippen LogP contribution is 2.37. The Morgan fingerprint density at radius 3 is 2.12 bits per heavy atom. The van der Waals surface area contributed by atoms with Gasteiger partial charge in [-0.1, -0.05) is 99.7 Å². The minimum Gasteiger partial charge on any atom is -0.302 e. The molecule has 2 heteroatoms. The van der Waals surface area contributed by atoms with Crippen LogP contribution in [0.5, 0.6) is 0 Å². The lowest BCUT2D eigenvalue weighted by molar-refractivity contribution is -0.127. The quantitative estimate of drug-likeness (QED) is 0.591. The molecule has 1 aliphatic heterocycles. The van der Waals surface area contributed by atoms with Crippen LogP contribution in [0.3, 0.4) is 0 Å². The number of carbonyl (C=O) groups excluding carboxylic acids is 1. The van der Waals surface area contributed by atoms with Crippen LogP contribution in [0, 0.1) is 5.92 Å². The number of Topliss-reactive ketones (excluding diaryl/α,β-unsaturated/α-hetero) is 1. The molecule has 3 rings (SSSR count). The van der Waals surface area contributed by atoms with Gasteiger partial charge in [0.05, 0.1) is 0 Å². The Balaban J connectivity index is 1.74. The number of carbonyl (C=O) groups is 1. The standard InChI is InChI=1S/C24H31NO/c1-2-3-4-5-12-17-21-23(26)18-22(19-13-8-6-9-14-19)25-24(21)20-15-10-7-11-16-20/h6-11,13-16,21-22,24-25H,2-5,12,17-18H2,1H3. The third-order valence-corrected chi connectivity index (χ3v) is 5.58. The molecule has 26 heavy (non-hydrogen) atoms. The molecule has 2 nitrogen and oxygen atoms in total. The number of benzene rings is 2. The summed E-state index contributed by atoms with van der Waals surface area (Å²) in [7, 11) is 0. The third-order valence-electron chi connectivity index (χ3n) is 5.58. The summed E-state index contributed by atoms with van der Waals surface area (Å²) in [4.78, 5) is 13.0. The normalized spacial score (nSPS) is 23.1. The van der Waals surface area contributed by atoms with Crippen LogP contribution in [0.25, 0.3) is 0 Å². The summed E-state index contributed by atoms with van der Waals surface area (Å²) in [5, 5.41) is 3.80. The molecule has 1 N–H and O–H groups in total. The molecular formula is C24H31NO. The zero-order valence-electron chi connectivity index (χ0n) is 15.9. The van der Waals surface area contributed by atoms with E-state index in [4.69, 9.17) is 0 Å². The average molecular weight is 350 g/mol. The summed E-state index contributed by atoms with van der Waals surface area (Å²) >= 11 is 0. The van der Waals surface area contributed by atoms with Gasteiger partial charge in [0, 0.05) is 24.4 Å². The Morgan fingerprint density at radius 1 is 0.846 bits per heavy atom. The fourth-order valence-electron chi connectivity index (χ4n) is 4.11. The van der Waals surface area contributed by atoms with Gasteiger partial charge < -0.3 is 5.32 Å². The molecule has 0 bridgehead atoms. The van der Waals surface area contributed by atoms with E-state index in [0.29, 0.717) is 12.2 Å². The summed E-state index contributed by atoms with van der Waals surface area (Å²) in [6.07, 6.45) is 7.83. The SMILES string of the molecule is CCCCCCCC1C(=O)CC(c2ccccc2)NC1c1ccccc1. The van der Waals surface area contributed by atoms with Gasteiger partial charge in [0.15, 0.2) is 0 Å². The number of nitrogens with one attached hydrogen (secondary N) is 1. The van der Waals surface area contributed by atoms with Gasteiger partial charge in [0.1, 0.15) is 5.78 Å². The first kappa shape index (κ1) is 18.8. The first-order valence-electron chi connectivity index (χ1n) is 10.2. The molecule has 1 heterocycles. The maximum absolute atomic E-state index is 13.0. The zero-order chi connectivity index (χ0) is 18.2. The second-order valence-electron chi connectivity index (χ2n) is 7.50. The van der Waals surface area contributed by atoms with Crippen molar-refractivity contribution < 1.29 is 4.79 Å². The molecule has 0 aromatic heterocycles. The van der Waals surface area contributed by atoms with Crippen molar-refractivity contribution in [1.29, 1.82) is 0 Å². The Labute approximate surface area is 158 Å². The van der Waals surface area contributed by atoms with Crippen LogP contribution in [-0.4, -0.2) is 5.78 Å². The van der Waals surface area contributed by atoms with Crippen LogP contribution in [0.4, 0.5) is 0 Å². The highest BCUT2D eigenvalue weighted by Gasteiger charge is 2.36. The molecule has 3 atom stereocenters. The summed E-state index contributed by atoms with van der Waals surface area (Å²) < 4.78 is 0. The van der Waals surface area contributed by atoms with Crippen molar-refractivity contribution >= 4 is 5.78 Å². The predicted octanol–water partition coefficient (Wildman–Crippen LogP) is 6.01. The van der Waals surface area contributed by atoms with Crippen molar-refractivity contribution in [3.05, 3.63) is 71.8 Å². The highest BCUT2D eigenvalue weighted by molar-refractivity contribution is 5.83. The van der Waals surface area contributed by atoms with Crippen molar-refractivity contribution in [3.63, 3.8) is 0 Å². The molecule has 1 saturated heterocycles. The van der Waals surface area contributed by atoms with Crippen molar-refractivity contribution in [2.24, 2.45) is 5.92 Å². The molecule has 0 saturated carbocycles. The molecule has 0 radical (unpaired) electrons. The highest BCUT2D eigenvalue weighted by atomic mass is 16.1. The van der Waals surface area contributed by atoms with E-state index in [-0.39, 0.29) is 18.0 Å². The van der Waals surface area contributed by atoms with E-state index in [1.165, 1.54) is 36.8 Å². The Hall–Kier alpha value is -1.93. The van der Waals surface area contributed by atoms with E-state index in [1.807, 2.05) is 12.1 Å². The van der Waals surface area contributed by atoms with Gasteiger partial charge in [-0.2, -0.15) is 0 Å². The van der Waals surface area contributed by atoms with Crippen molar-refractivity contribution in [1.82, 2.24) is 5.32 Å². The fraction of sp³-hybridized carbons (Fsp3) is 0.458. The third kappa shape index (κ3) is 4.82. The van der Waals surface area contributed by atoms with Gasteiger partial charge in [0.25, 0.3) is 0 Å². The van der Waals surface area contributed by atoms with Gasteiger partial charge in [-0.25, -0.2) is 0 Å². The van der Waals surface area contributed by atoms with E-state index in [0.717, 1.165) is 12.8 Å². The fourth-order valence-corrected chi connectivity index (χ4v) is 4.11. The predicted molar refractivity (Wildman–Crippen MR) is 108 cm³/mol. The summed E-state index contributed by atoms with van der Waals surface area (Å²) in [6.45, 7) is 2.24.